The number of halogens is 2. The van der Waals surface area contributed by atoms with Gasteiger partial charge in [-0.25, -0.2) is 8.42 Å². The molecule has 0 unspecified atom stereocenters. The van der Waals surface area contributed by atoms with Crippen LogP contribution in [-0.4, -0.2) is 32.9 Å². The van der Waals surface area contributed by atoms with Gasteiger partial charge in [-0.3, -0.25) is 0 Å². The van der Waals surface area contributed by atoms with Crippen molar-refractivity contribution in [3.05, 3.63) is 47.5 Å². The van der Waals surface area contributed by atoms with Crippen molar-refractivity contribution in [2.45, 2.75) is 4.90 Å². The molecule has 0 aliphatic carbocycles. The van der Waals surface area contributed by atoms with Crippen molar-refractivity contribution >= 4 is 33.2 Å². The summed E-state index contributed by atoms with van der Waals surface area (Å²) in [7, 11) is -2.45. The Kier molecular flexibility index (Phi) is 6.07. The summed E-state index contributed by atoms with van der Waals surface area (Å²) >= 11 is 11.8. The third-order valence-electron chi connectivity index (χ3n) is 2.50. The van der Waals surface area contributed by atoms with Gasteiger partial charge in [-0.1, -0.05) is 35.4 Å². The van der Waals surface area contributed by atoms with E-state index in [9.17, 15) is 8.42 Å². The highest BCUT2D eigenvalue weighted by Gasteiger charge is 2.28. The van der Waals surface area contributed by atoms with Gasteiger partial charge in [0, 0.05) is 13.1 Å². The van der Waals surface area contributed by atoms with Gasteiger partial charge in [0.05, 0.1) is 12.1 Å². The summed E-state index contributed by atoms with van der Waals surface area (Å²) < 4.78 is 31.5. The molecular formula is C13H15Cl2NO3S. The fourth-order valence-electron chi connectivity index (χ4n) is 1.61. The van der Waals surface area contributed by atoms with Crippen LogP contribution in [-0.2, 0) is 10.0 Å². The van der Waals surface area contributed by atoms with Crippen LogP contribution in [0.15, 0.2) is 42.3 Å². The summed E-state index contributed by atoms with van der Waals surface area (Å²) in [4.78, 5) is -0.0434. The number of hydrogen-bond acceptors (Lipinski definition) is 3. The van der Waals surface area contributed by atoms with Gasteiger partial charge in [-0.05, 0) is 12.1 Å². The van der Waals surface area contributed by atoms with Crippen molar-refractivity contribution in [3.8, 4) is 5.75 Å². The molecule has 20 heavy (non-hydrogen) atoms. The minimum absolute atomic E-state index is 0.0253. The van der Waals surface area contributed by atoms with Crippen LogP contribution in [0.5, 0.6) is 5.75 Å². The topological polar surface area (TPSA) is 46.6 Å². The van der Waals surface area contributed by atoms with E-state index in [0.717, 1.165) is 0 Å². The zero-order chi connectivity index (χ0) is 15.3. The maximum Gasteiger partial charge on any atom is 0.247 e. The van der Waals surface area contributed by atoms with Gasteiger partial charge in [-0.2, -0.15) is 4.31 Å². The fraction of sp³-hybridized carbons (Fsp3) is 0.231. The van der Waals surface area contributed by atoms with E-state index in [2.05, 4.69) is 13.2 Å². The number of rotatable bonds is 7. The van der Waals surface area contributed by atoms with Gasteiger partial charge in [0.1, 0.15) is 9.92 Å². The van der Waals surface area contributed by atoms with Crippen molar-refractivity contribution in [2.75, 3.05) is 20.2 Å². The number of benzene rings is 1. The number of hydrogen-bond donors (Lipinski definition) is 0. The lowest BCUT2D eigenvalue weighted by molar-refractivity contribution is 0.398. The minimum atomic E-state index is -3.78. The summed E-state index contributed by atoms with van der Waals surface area (Å²) in [6.45, 7) is 7.39. The quantitative estimate of drug-likeness (QED) is 0.717. The van der Waals surface area contributed by atoms with Crippen molar-refractivity contribution in [3.63, 3.8) is 0 Å². The summed E-state index contributed by atoms with van der Waals surface area (Å²) in [5.41, 5.74) is 0. The molecule has 7 heteroatoms. The number of methoxy groups -OCH3 is 1. The predicted octanol–water partition coefficient (Wildman–Crippen LogP) is 3.36. The van der Waals surface area contributed by atoms with Gasteiger partial charge in [0.2, 0.25) is 10.0 Å². The highest BCUT2D eigenvalue weighted by molar-refractivity contribution is 7.89. The fourth-order valence-corrected chi connectivity index (χ4v) is 3.59. The van der Waals surface area contributed by atoms with Crippen LogP contribution in [0.25, 0.3) is 0 Å². The van der Waals surface area contributed by atoms with E-state index in [4.69, 9.17) is 27.9 Å². The summed E-state index contributed by atoms with van der Waals surface area (Å²) in [5, 5.41) is 0.286. The Morgan fingerprint density at radius 3 is 2.25 bits per heavy atom. The second-order valence-electron chi connectivity index (χ2n) is 3.79. The molecule has 4 nitrogen and oxygen atoms in total. The highest BCUT2D eigenvalue weighted by Crippen LogP contribution is 2.38. The maximum atomic E-state index is 12.6. The minimum Gasteiger partial charge on any atom is -0.494 e. The van der Waals surface area contributed by atoms with Crippen LogP contribution in [0.4, 0.5) is 0 Å². The first-order valence-electron chi connectivity index (χ1n) is 5.64. The SMILES string of the molecule is C=CCN(CC=C)S(=O)(=O)c1ccc(Cl)c(Cl)c1OC. The lowest BCUT2D eigenvalue weighted by Gasteiger charge is -2.21. The van der Waals surface area contributed by atoms with E-state index in [-0.39, 0.29) is 33.8 Å². The molecule has 0 saturated carbocycles. The standard InChI is InChI=1S/C13H15Cl2NO3S/c1-4-8-16(9-5-2)20(17,18)11-7-6-10(14)12(15)13(11)19-3/h4-7H,1-2,8-9H2,3H3. The second kappa shape index (κ2) is 7.13. The van der Waals surface area contributed by atoms with Crippen molar-refractivity contribution in [1.29, 1.82) is 0 Å². The van der Waals surface area contributed by atoms with Crippen LogP contribution >= 0.6 is 23.2 Å². The lowest BCUT2D eigenvalue weighted by Crippen LogP contribution is -2.31. The Bertz CT molecular complexity index is 604. The summed E-state index contributed by atoms with van der Waals surface area (Å²) in [5.74, 6) is 0.0253. The molecule has 0 saturated heterocycles. The van der Waals surface area contributed by atoms with Crippen molar-refractivity contribution in [1.82, 2.24) is 4.31 Å². The molecule has 0 bridgehead atoms. The van der Waals surface area contributed by atoms with E-state index < -0.39 is 10.0 Å². The Morgan fingerprint density at radius 2 is 1.80 bits per heavy atom. The van der Waals surface area contributed by atoms with Crippen molar-refractivity contribution in [2.24, 2.45) is 0 Å². The Labute approximate surface area is 129 Å². The van der Waals surface area contributed by atoms with Crippen LogP contribution in [0.2, 0.25) is 10.0 Å². The van der Waals surface area contributed by atoms with Gasteiger partial charge in [-0.15, -0.1) is 13.2 Å². The third kappa shape index (κ3) is 3.35. The molecule has 110 valence electrons. The molecule has 1 rings (SSSR count). The molecule has 0 aromatic heterocycles. The maximum absolute atomic E-state index is 12.6. The zero-order valence-electron chi connectivity index (χ0n) is 11.0. The van der Waals surface area contributed by atoms with Gasteiger partial charge in [0.15, 0.2) is 5.75 Å². The number of nitrogens with zero attached hydrogens (tertiary/aromatic N) is 1. The lowest BCUT2D eigenvalue weighted by atomic mass is 10.3. The van der Waals surface area contributed by atoms with Gasteiger partial charge in [0.25, 0.3) is 0 Å². The first-order valence-corrected chi connectivity index (χ1v) is 7.83. The predicted molar refractivity (Wildman–Crippen MR) is 82.2 cm³/mol. The highest BCUT2D eigenvalue weighted by atomic mass is 35.5. The van der Waals surface area contributed by atoms with Crippen LogP contribution in [0.1, 0.15) is 0 Å². The molecule has 0 atom stereocenters. The number of ether oxygens (including phenoxy) is 1. The molecule has 1 aromatic rings. The number of sulfonamides is 1. The smallest absolute Gasteiger partial charge is 0.247 e. The molecule has 1 aromatic carbocycles. The Balaban J connectivity index is 3.44. The average Bonchev–Trinajstić information content (AvgIpc) is 2.41. The van der Waals surface area contributed by atoms with Gasteiger partial charge < -0.3 is 4.74 Å². The van der Waals surface area contributed by atoms with E-state index >= 15 is 0 Å². The third-order valence-corrected chi connectivity index (χ3v) is 5.14. The van der Waals surface area contributed by atoms with E-state index in [1.165, 1.54) is 35.7 Å². The molecule has 0 fully saturated rings. The zero-order valence-corrected chi connectivity index (χ0v) is 13.3. The second-order valence-corrected chi connectivity index (χ2v) is 6.48. The molecule has 0 spiro atoms. The van der Waals surface area contributed by atoms with Crippen LogP contribution in [0, 0.1) is 0 Å². The summed E-state index contributed by atoms with van der Waals surface area (Å²) in [6.07, 6.45) is 2.98. The molecule has 0 radical (unpaired) electrons. The van der Waals surface area contributed by atoms with E-state index in [1.54, 1.807) is 0 Å². The normalized spacial score (nSPS) is 11.4. The van der Waals surface area contributed by atoms with Crippen molar-refractivity contribution < 1.29 is 13.2 Å². The first-order chi connectivity index (χ1) is 9.39. The molecule has 0 heterocycles. The average molecular weight is 336 g/mol. The Hall–Kier alpha value is -1.01. The largest absolute Gasteiger partial charge is 0.494 e. The monoisotopic (exact) mass is 335 g/mol. The molecular weight excluding hydrogens is 321 g/mol. The molecule has 0 aliphatic rings. The molecule has 0 amide bonds. The van der Waals surface area contributed by atoms with E-state index in [0.29, 0.717) is 0 Å². The first kappa shape index (κ1) is 17.0. The van der Waals surface area contributed by atoms with Gasteiger partial charge >= 0.3 is 0 Å². The van der Waals surface area contributed by atoms with Crippen LogP contribution in [0.3, 0.4) is 0 Å². The van der Waals surface area contributed by atoms with E-state index in [1.807, 2.05) is 0 Å². The molecule has 0 N–H and O–H groups in total. The summed E-state index contributed by atoms with van der Waals surface area (Å²) in [6, 6.07) is 2.78. The Morgan fingerprint density at radius 1 is 1.25 bits per heavy atom. The molecule has 0 aliphatic heterocycles. The van der Waals surface area contributed by atoms with Crippen LogP contribution < -0.4 is 4.74 Å².